The van der Waals surface area contributed by atoms with E-state index < -0.39 is 0 Å². The Morgan fingerprint density at radius 2 is 2.00 bits per heavy atom. The molecule has 1 aromatic rings. The van der Waals surface area contributed by atoms with Crippen LogP contribution in [-0.2, 0) is 6.42 Å². The molecule has 0 saturated heterocycles. The van der Waals surface area contributed by atoms with Crippen LogP contribution in [0.5, 0.6) is 0 Å². The first-order chi connectivity index (χ1) is 8.18. The molecule has 2 N–H and O–H groups in total. The quantitative estimate of drug-likeness (QED) is 0.749. The van der Waals surface area contributed by atoms with E-state index in [2.05, 4.69) is 6.07 Å². The van der Waals surface area contributed by atoms with Gasteiger partial charge in [-0.3, -0.25) is 0 Å². The summed E-state index contributed by atoms with van der Waals surface area (Å²) < 4.78 is 0. The van der Waals surface area contributed by atoms with Crippen LogP contribution in [0.3, 0.4) is 0 Å². The lowest BCUT2D eigenvalue weighted by Gasteiger charge is -2.11. The summed E-state index contributed by atoms with van der Waals surface area (Å²) in [5.74, 6) is 0. The molecule has 1 unspecified atom stereocenters. The van der Waals surface area contributed by atoms with Gasteiger partial charge >= 0.3 is 0 Å². The summed E-state index contributed by atoms with van der Waals surface area (Å²) in [5.41, 5.74) is 11.5. The number of hydrogen-bond acceptors (Lipinski definition) is 1. The Kier molecular flexibility index (Phi) is 2.94. The standard InChI is InChI=1S/C14H15Cl2N/c15-11-6-5-8-7-10-9(13(8)14(11)16)3-1-2-4-12(10)17/h5-6,12H,1-4,7,17H2. The summed E-state index contributed by atoms with van der Waals surface area (Å²) in [6.07, 6.45) is 5.56. The molecule has 1 nitrogen and oxygen atoms in total. The fraction of sp³-hybridized carbons (Fsp3) is 0.429. The second-order valence-corrected chi connectivity index (χ2v) is 5.71. The summed E-state index contributed by atoms with van der Waals surface area (Å²) in [4.78, 5) is 0. The minimum Gasteiger partial charge on any atom is -0.324 e. The van der Waals surface area contributed by atoms with E-state index in [1.165, 1.54) is 35.1 Å². The molecule has 0 bridgehead atoms. The van der Waals surface area contributed by atoms with E-state index in [0.29, 0.717) is 10.0 Å². The number of benzene rings is 1. The Morgan fingerprint density at radius 3 is 2.82 bits per heavy atom. The zero-order valence-electron chi connectivity index (χ0n) is 9.60. The monoisotopic (exact) mass is 267 g/mol. The molecule has 3 rings (SSSR count). The van der Waals surface area contributed by atoms with E-state index >= 15 is 0 Å². The van der Waals surface area contributed by atoms with Gasteiger partial charge in [-0.05, 0) is 48.5 Å². The van der Waals surface area contributed by atoms with Crippen molar-refractivity contribution in [3.8, 4) is 0 Å². The number of allylic oxidation sites excluding steroid dienone is 1. The molecule has 3 heteroatoms. The minimum atomic E-state index is 0.203. The normalized spacial score (nSPS) is 23.4. The highest BCUT2D eigenvalue weighted by molar-refractivity contribution is 6.43. The molecule has 1 aromatic carbocycles. The van der Waals surface area contributed by atoms with Gasteiger partial charge in [-0.1, -0.05) is 35.7 Å². The molecule has 0 aliphatic heterocycles. The van der Waals surface area contributed by atoms with Crippen molar-refractivity contribution in [3.63, 3.8) is 0 Å². The van der Waals surface area contributed by atoms with Crippen LogP contribution in [0.1, 0.15) is 36.8 Å². The Labute approximate surface area is 112 Å². The topological polar surface area (TPSA) is 26.0 Å². The van der Waals surface area contributed by atoms with Crippen LogP contribution in [0.25, 0.3) is 5.57 Å². The maximum absolute atomic E-state index is 6.35. The molecular weight excluding hydrogens is 253 g/mol. The van der Waals surface area contributed by atoms with Crippen molar-refractivity contribution < 1.29 is 0 Å². The third-order valence-corrected chi connectivity index (χ3v) is 4.70. The highest BCUT2D eigenvalue weighted by atomic mass is 35.5. The Bertz CT molecular complexity index is 505. The van der Waals surface area contributed by atoms with Gasteiger partial charge in [0.2, 0.25) is 0 Å². The first-order valence-corrected chi connectivity index (χ1v) is 6.89. The Morgan fingerprint density at radius 1 is 1.18 bits per heavy atom. The lowest BCUT2D eigenvalue weighted by atomic mass is 10.0. The molecule has 1 atom stereocenters. The fourth-order valence-electron chi connectivity index (χ4n) is 3.02. The average Bonchev–Trinajstić information content (AvgIpc) is 2.60. The number of nitrogens with two attached hydrogens (primary N) is 1. The summed E-state index contributed by atoms with van der Waals surface area (Å²) in [5, 5.41) is 1.36. The van der Waals surface area contributed by atoms with E-state index in [1.807, 2.05) is 6.07 Å². The third-order valence-electron chi connectivity index (χ3n) is 3.89. The summed E-state index contributed by atoms with van der Waals surface area (Å²) in [6, 6.07) is 4.18. The Balaban J connectivity index is 2.16. The molecule has 0 heterocycles. The van der Waals surface area contributed by atoms with Gasteiger partial charge in [0.25, 0.3) is 0 Å². The number of halogens is 2. The zero-order chi connectivity index (χ0) is 12.0. The first-order valence-electron chi connectivity index (χ1n) is 6.13. The average molecular weight is 268 g/mol. The van der Waals surface area contributed by atoms with Crippen molar-refractivity contribution in [2.24, 2.45) is 5.73 Å². The van der Waals surface area contributed by atoms with Crippen molar-refractivity contribution in [1.82, 2.24) is 0 Å². The Hall–Kier alpha value is -0.500. The highest BCUT2D eigenvalue weighted by Crippen LogP contribution is 2.45. The van der Waals surface area contributed by atoms with Crippen LogP contribution < -0.4 is 5.73 Å². The van der Waals surface area contributed by atoms with Crippen LogP contribution in [0, 0.1) is 0 Å². The van der Waals surface area contributed by atoms with Gasteiger partial charge in [0.05, 0.1) is 10.0 Å². The van der Waals surface area contributed by atoms with Crippen LogP contribution in [0.4, 0.5) is 0 Å². The van der Waals surface area contributed by atoms with Gasteiger partial charge in [0.15, 0.2) is 0 Å². The van der Waals surface area contributed by atoms with E-state index in [0.717, 1.165) is 19.3 Å². The minimum absolute atomic E-state index is 0.203. The van der Waals surface area contributed by atoms with Gasteiger partial charge in [-0.15, -0.1) is 0 Å². The maximum atomic E-state index is 6.35. The van der Waals surface area contributed by atoms with Crippen LogP contribution in [0.2, 0.25) is 10.0 Å². The van der Waals surface area contributed by atoms with Gasteiger partial charge < -0.3 is 5.73 Å². The van der Waals surface area contributed by atoms with Crippen molar-refractivity contribution in [2.45, 2.75) is 38.1 Å². The van der Waals surface area contributed by atoms with Gasteiger partial charge in [-0.2, -0.15) is 0 Å². The molecule has 0 aromatic heterocycles. The smallest absolute Gasteiger partial charge is 0.0670 e. The molecular formula is C14H15Cl2N. The van der Waals surface area contributed by atoms with E-state index in [1.54, 1.807) is 0 Å². The molecule has 90 valence electrons. The van der Waals surface area contributed by atoms with Crippen molar-refractivity contribution >= 4 is 28.8 Å². The van der Waals surface area contributed by atoms with Crippen molar-refractivity contribution in [3.05, 3.63) is 38.9 Å². The van der Waals surface area contributed by atoms with Crippen LogP contribution in [0.15, 0.2) is 17.7 Å². The van der Waals surface area contributed by atoms with Gasteiger partial charge in [0, 0.05) is 11.6 Å². The lowest BCUT2D eigenvalue weighted by molar-refractivity contribution is 0.634. The highest BCUT2D eigenvalue weighted by Gasteiger charge is 2.29. The van der Waals surface area contributed by atoms with Crippen LogP contribution >= 0.6 is 23.2 Å². The number of hydrogen-bond donors (Lipinski definition) is 1. The fourth-order valence-corrected chi connectivity index (χ4v) is 3.47. The molecule has 0 spiro atoms. The third kappa shape index (κ3) is 1.81. The van der Waals surface area contributed by atoms with Crippen LogP contribution in [-0.4, -0.2) is 6.04 Å². The van der Waals surface area contributed by atoms with E-state index in [4.69, 9.17) is 28.9 Å². The predicted octanol–water partition coefficient (Wildman–Crippen LogP) is 4.20. The second kappa shape index (κ2) is 4.31. The molecule has 2 aliphatic carbocycles. The summed E-state index contributed by atoms with van der Waals surface area (Å²) in [7, 11) is 0. The van der Waals surface area contributed by atoms with Gasteiger partial charge in [0.1, 0.15) is 0 Å². The zero-order valence-corrected chi connectivity index (χ0v) is 11.1. The predicted molar refractivity (Wildman–Crippen MR) is 73.5 cm³/mol. The lowest BCUT2D eigenvalue weighted by Crippen LogP contribution is -2.22. The summed E-state index contributed by atoms with van der Waals surface area (Å²) >= 11 is 12.5. The second-order valence-electron chi connectivity index (χ2n) is 4.93. The molecule has 2 aliphatic rings. The number of rotatable bonds is 0. The molecule has 17 heavy (non-hydrogen) atoms. The summed E-state index contributed by atoms with van der Waals surface area (Å²) in [6.45, 7) is 0. The molecule has 0 fully saturated rings. The largest absolute Gasteiger partial charge is 0.324 e. The van der Waals surface area contributed by atoms with E-state index in [-0.39, 0.29) is 6.04 Å². The number of fused-ring (bicyclic) bond motifs is 2. The molecule has 0 amide bonds. The first kappa shape index (κ1) is 11.6. The van der Waals surface area contributed by atoms with Gasteiger partial charge in [-0.25, -0.2) is 0 Å². The molecule has 0 saturated carbocycles. The van der Waals surface area contributed by atoms with Crippen molar-refractivity contribution in [2.75, 3.05) is 0 Å². The SMILES string of the molecule is NC1CCCCC2=C1Cc1ccc(Cl)c(Cl)c12. The van der Waals surface area contributed by atoms with Crippen molar-refractivity contribution in [1.29, 1.82) is 0 Å². The maximum Gasteiger partial charge on any atom is 0.0670 e. The molecule has 0 radical (unpaired) electrons. The van der Waals surface area contributed by atoms with E-state index in [9.17, 15) is 0 Å².